The molecule has 0 bridgehead atoms. The Kier molecular flexibility index (Phi) is 5.99. The molecule has 0 spiro atoms. The third-order valence-corrected chi connectivity index (χ3v) is 4.31. The summed E-state index contributed by atoms with van der Waals surface area (Å²) in [4.78, 5) is 13.9. The normalized spacial score (nSPS) is 15.7. The topological polar surface area (TPSA) is 49.8 Å². The number of rotatable bonds is 6. The second kappa shape index (κ2) is 8.60. The first-order valence-electron chi connectivity index (χ1n) is 8.58. The van der Waals surface area contributed by atoms with E-state index in [1.54, 1.807) is 6.08 Å². The molecule has 4 nitrogen and oxygen atoms in total. The summed E-state index contributed by atoms with van der Waals surface area (Å²) < 4.78 is 5.13. The summed E-state index contributed by atoms with van der Waals surface area (Å²) in [6.45, 7) is 2.26. The highest BCUT2D eigenvalue weighted by Gasteiger charge is 2.18. The predicted octanol–water partition coefficient (Wildman–Crippen LogP) is 2.66. The first-order chi connectivity index (χ1) is 12.2. The predicted molar refractivity (Wildman–Crippen MR) is 97.9 cm³/mol. The molecule has 1 aliphatic heterocycles. The summed E-state index contributed by atoms with van der Waals surface area (Å²) in [5, 5.41) is 10.1. The van der Waals surface area contributed by atoms with Crippen LogP contribution in [0.25, 0.3) is 6.08 Å². The molecule has 0 saturated carbocycles. The summed E-state index contributed by atoms with van der Waals surface area (Å²) in [5.41, 5.74) is 3.63. The second-order valence-corrected chi connectivity index (χ2v) is 6.28. The number of β-amino-alcohol motifs (C(OH)–C–C–N with tert-alkyl or cyclic N) is 1. The van der Waals surface area contributed by atoms with Gasteiger partial charge in [-0.25, -0.2) is 4.79 Å². The molecule has 0 amide bonds. The van der Waals surface area contributed by atoms with Gasteiger partial charge in [-0.05, 0) is 29.2 Å². The average molecular weight is 337 g/mol. The number of aliphatic hydroxyl groups excluding tert-OH is 1. The van der Waals surface area contributed by atoms with Crippen LogP contribution in [-0.2, 0) is 22.5 Å². The smallest absolute Gasteiger partial charge is 0.330 e. The van der Waals surface area contributed by atoms with E-state index in [2.05, 4.69) is 23.1 Å². The van der Waals surface area contributed by atoms with Crippen molar-refractivity contribution in [1.29, 1.82) is 0 Å². The minimum Gasteiger partial charge on any atom is -0.460 e. The van der Waals surface area contributed by atoms with Crippen LogP contribution in [0.5, 0.6) is 0 Å². The van der Waals surface area contributed by atoms with E-state index in [1.165, 1.54) is 17.2 Å². The molecule has 1 heterocycles. The molecule has 0 radical (unpaired) electrons. The van der Waals surface area contributed by atoms with E-state index >= 15 is 0 Å². The molecule has 1 aliphatic rings. The molecule has 1 unspecified atom stereocenters. The van der Waals surface area contributed by atoms with Gasteiger partial charge in [-0.1, -0.05) is 54.6 Å². The molecule has 4 heteroatoms. The first kappa shape index (κ1) is 17.4. The first-order valence-corrected chi connectivity index (χ1v) is 8.58. The van der Waals surface area contributed by atoms with E-state index in [1.807, 2.05) is 36.4 Å². The summed E-state index contributed by atoms with van der Waals surface area (Å²) >= 11 is 0. The zero-order chi connectivity index (χ0) is 17.5. The van der Waals surface area contributed by atoms with Crippen LogP contribution in [0.2, 0.25) is 0 Å². The van der Waals surface area contributed by atoms with Crippen LogP contribution >= 0.6 is 0 Å². The van der Waals surface area contributed by atoms with Gasteiger partial charge in [0.1, 0.15) is 12.7 Å². The molecule has 0 aliphatic carbocycles. The highest BCUT2D eigenvalue weighted by atomic mass is 16.5. The Bertz CT molecular complexity index is 727. The Labute approximate surface area is 148 Å². The Hall–Kier alpha value is -2.43. The Morgan fingerprint density at radius 1 is 1.12 bits per heavy atom. The monoisotopic (exact) mass is 337 g/mol. The lowest BCUT2D eigenvalue weighted by molar-refractivity contribution is -0.141. The second-order valence-electron chi connectivity index (χ2n) is 6.28. The highest BCUT2D eigenvalue weighted by Crippen LogP contribution is 2.18. The molecule has 0 fully saturated rings. The van der Waals surface area contributed by atoms with Crippen molar-refractivity contribution >= 4 is 12.0 Å². The average Bonchev–Trinajstić information content (AvgIpc) is 2.65. The number of esters is 1. The lowest BCUT2D eigenvalue weighted by Crippen LogP contribution is -2.38. The summed E-state index contributed by atoms with van der Waals surface area (Å²) in [5.74, 6) is -0.438. The van der Waals surface area contributed by atoms with Crippen LogP contribution in [0.3, 0.4) is 0 Å². The number of benzene rings is 2. The van der Waals surface area contributed by atoms with Crippen molar-refractivity contribution in [2.75, 3.05) is 19.7 Å². The number of aliphatic hydroxyl groups is 1. The fraction of sp³-hybridized carbons (Fsp3) is 0.286. The van der Waals surface area contributed by atoms with Crippen LogP contribution in [0.15, 0.2) is 60.7 Å². The van der Waals surface area contributed by atoms with Gasteiger partial charge in [-0.2, -0.15) is 0 Å². The van der Waals surface area contributed by atoms with Gasteiger partial charge in [-0.15, -0.1) is 0 Å². The third-order valence-electron chi connectivity index (χ3n) is 4.31. The number of hydrogen-bond acceptors (Lipinski definition) is 4. The van der Waals surface area contributed by atoms with E-state index in [0.717, 1.165) is 25.1 Å². The SMILES string of the molecule is O=C(C=Cc1ccccc1)OCC(O)CN1CCc2ccccc2C1. The quantitative estimate of drug-likeness (QED) is 0.650. The lowest BCUT2D eigenvalue weighted by Gasteiger charge is -2.30. The van der Waals surface area contributed by atoms with Crippen molar-refractivity contribution in [2.24, 2.45) is 0 Å². The number of fused-ring (bicyclic) bond motifs is 1. The van der Waals surface area contributed by atoms with Crippen molar-refractivity contribution in [3.63, 3.8) is 0 Å². The lowest BCUT2D eigenvalue weighted by atomic mass is 10.00. The van der Waals surface area contributed by atoms with Gasteiger partial charge >= 0.3 is 5.97 Å². The van der Waals surface area contributed by atoms with Crippen molar-refractivity contribution in [3.05, 3.63) is 77.4 Å². The van der Waals surface area contributed by atoms with Gasteiger partial charge in [0.15, 0.2) is 0 Å². The summed E-state index contributed by atoms with van der Waals surface area (Å²) in [6.07, 6.45) is 3.40. The van der Waals surface area contributed by atoms with Crippen LogP contribution in [-0.4, -0.2) is 41.8 Å². The minimum atomic E-state index is -0.681. The number of carbonyl (C=O) groups excluding carboxylic acids is 1. The largest absolute Gasteiger partial charge is 0.460 e. The molecule has 2 aromatic rings. The summed E-state index contributed by atoms with van der Waals surface area (Å²) in [6, 6.07) is 17.9. The van der Waals surface area contributed by atoms with Crippen molar-refractivity contribution in [2.45, 2.75) is 19.1 Å². The molecule has 0 saturated heterocycles. The van der Waals surface area contributed by atoms with E-state index in [9.17, 15) is 9.90 Å². The van der Waals surface area contributed by atoms with Crippen molar-refractivity contribution in [3.8, 4) is 0 Å². The Morgan fingerprint density at radius 3 is 2.64 bits per heavy atom. The van der Waals surface area contributed by atoms with E-state index in [0.29, 0.717) is 6.54 Å². The van der Waals surface area contributed by atoms with Gasteiger partial charge in [0.2, 0.25) is 0 Å². The number of carbonyl (C=O) groups is 1. The minimum absolute atomic E-state index is 0.0100. The molecular formula is C21H23NO3. The molecule has 130 valence electrons. The van der Waals surface area contributed by atoms with Crippen molar-refractivity contribution in [1.82, 2.24) is 4.90 Å². The zero-order valence-corrected chi connectivity index (χ0v) is 14.2. The Morgan fingerprint density at radius 2 is 1.84 bits per heavy atom. The maximum Gasteiger partial charge on any atom is 0.330 e. The van der Waals surface area contributed by atoms with Crippen LogP contribution in [0.4, 0.5) is 0 Å². The van der Waals surface area contributed by atoms with Crippen molar-refractivity contribution < 1.29 is 14.6 Å². The van der Waals surface area contributed by atoms with Gasteiger partial charge in [-0.3, -0.25) is 4.90 Å². The van der Waals surface area contributed by atoms with Gasteiger partial charge in [0, 0.05) is 25.7 Å². The van der Waals surface area contributed by atoms with E-state index in [-0.39, 0.29) is 6.61 Å². The number of ether oxygens (including phenoxy) is 1. The molecule has 25 heavy (non-hydrogen) atoms. The molecular weight excluding hydrogens is 314 g/mol. The van der Waals surface area contributed by atoms with Gasteiger partial charge < -0.3 is 9.84 Å². The number of nitrogens with zero attached hydrogens (tertiary/aromatic N) is 1. The van der Waals surface area contributed by atoms with Crippen LogP contribution in [0, 0.1) is 0 Å². The fourth-order valence-corrected chi connectivity index (χ4v) is 3.02. The summed E-state index contributed by atoms with van der Waals surface area (Å²) in [7, 11) is 0. The van der Waals surface area contributed by atoms with Gasteiger partial charge in [0.25, 0.3) is 0 Å². The van der Waals surface area contributed by atoms with Gasteiger partial charge in [0.05, 0.1) is 0 Å². The zero-order valence-electron chi connectivity index (χ0n) is 14.2. The molecule has 2 aromatic carbocycles. The van der Waals surface area contributed by atoms with E-state index in [4.69, 9.17) is 4.74 Å². The molecule has 3 rings (SSSR count). The third kappa shape index (κ3) is 5.28. The molecule has 1 atom stereocenters. The molecule has 1 N–H and O–H groups in total. The maximum atomic E-state index is 11.7. The number of hydrogen-bond donors (Lipinski definition) is 1. The maximum absolute atomic E-state index is 11.7. The molecule has 0 aromatic heterocycles. The highest BCUT2D eigenvalue weighted by molar-refractivity contribution is 5.87. The van der Waals surface area contributed by atoms with Crippen LogP contribution < -0.4 is 0 Å². The van der Waals surface area contributed by atoms with Crippen LogP contribution in [0.1, 0.15) is 16.7 Å². The fourth-order valence-electron chi connectivity index (χ4n) is 3.02. The van der Waals surface area contributed by atoms with E-state index < -0.39 is 12.1 Å². The standard InChI is InChI=1S/C21H23NO3/c23-20(15-22-13-12-18-8-4-5-9-19(18)14-22)16-25-21(24)11-10-17-6-2-1-3-7-17/h1-11,20,23H,12-16H2. The Balaban J connectivity index is 1.42.